The number of halogens is 1. The molecule has 1 atom stereocenters. The first-order valence-electron chi connectivity index (χ1n) is 6.12. The normalized spacial score (nSPS) is 13.5. The molecule has 0 radical (unpaired) electrons. The summed E-state index contributed by atoms with van der Waals surface area (Å²) in [6.07, 6.45) is 7.25. The average molecular weight is 305 g/mol. The molecule has 94 valence electrons. The second-order valence-corrected chi connectivity index (χ2v) is 11.2. The van der Waals surface area contributed by atoms with E-state index in [1.165, 1.54) is 6.42 Å². The van der Waals surface area contributed by atoms with Crippen LogP contribution in [0.25, 0.3) is 0 Å². The minimum absolute atomic E-state index is 0.518. The standard InChI is InChI=1S/C13H25BrOSi/c1-5-6-8-12(11-14)9-7-10-13(15)16(2,3)4/h5,12H,1,6-11H2,2-4H3. The lowest BCUT2D eigenvalue weighted by Gasteiger charge is -2.16. The fraction of sp³-hybridized carbons (Fsp3) is 0.769. The van der Waals surface area contributed by atoms with Crippen LogP contribution >= 0.6 is 15.9 Å². The van der Waals surface area contributed by atoms with E-state index in [-0.39, 0.29) is 0 Å². The molecule has 0 fully saturated rings. The summed E-state index contributed by atoms with van der Waals surface area (Å²) in [6.45, 7) is 10.1. The highest BCUT2D eigenvalue weighted by molar-refractivity contribution is 9.09. The van der Waals surface area contributed by atoms with Crippen molar-refractivity contribution >= 4 is 29.4 Å². The van der Waals surface area contributed by atoms with Crippen LogP contribution in [-0.2, 0) is 4.79 Å². The van der Waals surface area contributed by atoms with Gasteiger partial charge in [-0.1, -0.05) is 41.6 Å². The summed E-state index contributed by atoms with van der Waals surface area (Å²) in [5.74, 6) is 0.701. The van der Waals surface area contributed by atoms with Crippen LogP contribution in [0, 0.1) is 5.92 Å². The predicted molar refractivity (Wildman–Crippen MR) is 78.9 cm³/mol. The maximum Gasteiger partial charge on any atom is 0.123 e. The Kier molecular flexibility index (Phi) is 8.29. The molecule has 0 N–H and O–H groups in total. The van der Waals surface area contributed by atoms with Crippen molar-refractivity contribution in [1.82, 2.24) is 0 Å². The van der Waals surface area contributed by atoms with E-state index in [0.29, 0.717) is 11.3 Å². The van der Waals surface area contributed by atoms with Gasteiger partial charge in [-0.05, 0) is 31.6 Å². The van der Waals surface area contributed by atoms with Gasteiger partial charge >= 0.3 is 0 Å². The Bertz CT molecular complexity index is 220. The highest BCUT2D eigenvalue weighted by Crippen LogP contribution is 2.19. The molecule has 0 heterocycles. The van der Waals surface area contributed by atoms with Crippen molar-refractivity contribution in [2.45, 2.75) is 51.7 Å². The minimum Gasteiger partial charge on any atom is -0.305 e. The molecule has 0 amide bonds. The number of alkyl halides is 1. The monoisotopic (exact) mass is 304 g/mol. The second-order valence-electron chi connectivity index (χ2n) is 5.45. The third-order valence-electron chi connectivity index (χ3n) is 2.85. The van der Waals surface area contributed by atoms with Crippen molar-refractivity contribution in [3.8, 4) is 0 Å². The van der Waals surface area contributed by atoms with E-state index < -0.39 is 8.07 Å². The molecule has 0 aromatic carbocycles. The van der Waals surface area contributed by atoms with Crippen molar-refractivity contribution in [2.75, 3.05) is 5.33 Å². The van der Waals surface area contributed by atoms with E-state index >= 15 is 0 Å². The van der Waals surface area contributed by atoms with Gasteiger partial charge in [-0.25, -0.2) is 0 Å². The first-order valence-corrected chi connectivity index (χ1v) is 10.7. The molecule has 0 spiro atoms. The van der Waals surface area contributed by atoms with Gasteiger partial charge in [0.2, 0.25) is 0 Å². The molecule has 0 aliphatic carbocycles. The Labute approximate surface area is 110 Å². The van der Waals surface area contributed by atoms with E-state index in [2.05, 4.69) is 42.1 Å². The zero-order valence-corrected chi connectivity index (χ0v) is 13.5. The molecule has 16 heavy (non-hydrogen) atoms. The zero-order chi connectivity index (χ0) is 12.6. The molecule has 0 aliphatic heterocycles. The number of allylic oxidation sites excluding steroid dienone is 1. The van der Waals surface area contributed by atoms with Crippen LogP contribution in [0.2, 0.25) is 19.6 Å². The molecular formula is C13H25BrOSi. The van der Waals surface area contributed by atoms with Crippen LogP contribution in [0.5, 0.6) is 0 Å². The predicted octanol–water partition coefficient (Wildman–Crippen LogP) is 4.58. The van der Waals surface area contributed by atoms with E-state index in [1.54, 1.807) is 0 Å². The first-order chi connectivity index (χ1) is 7.41. The number of hydrogen-bond acceptors (Lipinski definition) is 1. The molecule has 0 aromatic rings. The van der Waals surface area contributed by atoms with Gasteiger partial charge in [-0.15, -0.1) is 6.58 Å². The fourth-order valence-corrected chi connectivity index (χ4v) is 3.15. The van der Waals surface area contributed by atoms with Gasteiger partial charge in [0.15, 0.2) is 0 Å². The number of hydrogen-bond donors (Lipinski definition) is 0. The number of rotatable bonds is 9. The topological polar surface area (TPSA) is 17.1 Å². The quantitative estimate of drug-likeness (QED) is 0.346. The third-order valence-corrected chi connectivity index (χ3v) is 5.69. The van der Waals surface area contributed by atoms with Crippen molar-refractivity contribution in [1.29, 1.82) is 0 Å². The van der Waals surface area contributed by atoms with Crippen LogP contribution < -0.4 is 0 Å². The zero-order valence-electron chi connectivity index (χ0n) is 10.9. The summed E-state index contributed by atoms with van der Waals surface area (Å²) in [4.78, 5) is 11.8. The molecule has 0 aromatic heterocycles. The molecule has 1 unspecified atom stereocenters. The molecule has 0 rings (SSSR count). The van der Waals surface area contributed by atoms with E-state index in [0.717, 1.165) is 31.0 Å². The molecule has 0 saturated heterocycles. The Hall–Kier alpha value is 0.107. The van der Waals surface area contributed by atoms with E-state index in [4.69, 9.17) is 0 Å². The average Bonchev–Trinajstić information content (AvgIpc) is 2.21. The van der Waals surface area contributed by atoms with E-state index in [9.17, 15) is 4.79 Å². The summed E-state index contributed by atoms with van der Waals surface area (Å²) in [7, 11) is -1.53. The number of carbonyl (C=O) groups excluding carboxylic acids is 1. The summed E-state index contributed by atoms with van der Waals surface area (Å²) >= 11 is 3.54. The highest BCUT2D eigenvalue weighted by atomic mass is 79.9. The van der Waals surface area contributed by atoms with Crippen LogP contribution in [0.3, 0.4) is 0 Å². The Morgan fingerprint density at radius 1 is 1.38 bits per heavy atom. The van der Waals surface area contributed by atoms with Gasteiger partial charge in [-0.3, -0.25) is 0 Å². The van der Waals surface area contributed by atoms with Crippen molar-refractivity contribution in [3.05, 3.63) is 12.7 Å². The molecule has 1 nitrogen and oxygen atoms in total. The van der Waals surface area contributed by atoms with E-state index in [1.807, 2.05) is 6.08 Å². The van der Waals surface area contributed by atoms with Gasteiger partial charge in [0, 0.05) is 11.8 Å². The molecule has 0 aliphatic rings. The molecule has 3 heteroatoms. The van der Waals surface area contributed by atoms with Crippen LogP contribution in [0.15, 0.2) is 12.7 Å². The van der Waals surface area contributed by atoms with Crippen LogP contribution in [0.1, 0.15) is 32.1 Å². The molecular weight excluding hydrogens is 280 g/mol. The van der Waals surface area contributed by atoms with Crippen molar-refractivity contribution < 1.29 is 4.79 Å². The number of carbonyl (C=O) groups is 1. The highest BCUT2D eigenvalue weighted by Gasteiger charge is 2.23. The van der Waals surface area contributed by atoms with Gasteiger partial charge in [0.05, 0.1) is 0 Å². The fourth-order valence-electron chi connectivity index (χ4n) is 1.58. The van der Waals surface area contributed by atoms with Crippen molar-refractivity contribution in [3.63, 3.8) is 0 Å². The second kappa shape index (κ2) is 8.23. The largest absolute Gasteiger partial charge is 0.305 e. The smallest absolute Gasteiger partial charge is 0.123 e. The lowest BCUT2D eigenvalue weighted by Crippen LogP contribution is -2.33. The lowest BCUT2D eigenvalue weighted by molar-refractivity contribution is -0.112. The maximum atomic E-state index is 11.8. The van der Waals surface area contributed by atoms with Gasteiger partial charge < -0.3 is 4.79 Å². The minimum atomic E-state index is -1.53. The first kappa shape index (κ1) is 16.1. The van der Waals surface area contributed by atoms with Crippen LogP contribution in [0.4, 0.5) is 0 Å². The molecule has 0 saturated carbocycles. The SMILES string of the molecule is C=CCCC(CBr)CCCC(=O)[Si](C)(C)C. The Balaban J connectivity index is 3.78. The Morgan fingerprint density at radius 2 is 2.00 bits per heavy atom. The molecule has 0 bridgehead atoms. The third kappa shape index (κ3) is 7.39. The summed E-state index contributed by atoms with van der Waals surface area (Å²) < 4.78 is 0. The van der Waals surface area contributed by atoms with Gasteiger partial charge in [0.25, 0.3) is 0 Å². The van der Waals surface area contributed by atoms with Crippen LogP contribution in [-0.4, -0.2) is 18.8 Å². The summed E-state index contributed by atoms with van der Waals surface area (Å²) in [5, 5.41) is 1.56. The summed E-state index contributed by atoms with van der Waals surface area (Å²) in [5.41, 5.74) is 0. The Morgan fingerprint density at radius 3 is 2.44 bits per heavy atom. The maximum absolute atomic E-state index is 11.8. The lowest BCUT2D eigenvalue weighted by atomic mass is 9.99. The van der Waals surface area contributed by atoms with Gasteiger partial charge in [-0.2, -0.15) is 0 Å². The van der Waals surface area contributed by atoms with Crippen molar-refractivity contribution in [2.24, 2.45) is 5.92 Å². The van der Waals surface area contributed by atoms with Gasteiger partial charge in [0.1, 0.15) is 13.5 Å². The summed E-state index contributed by atoms with van der Waals surface area (Å²) in [6, 6.07) is 0.